The van der Waals surface area contributed by atoms with Gasteiger partial charge in [0.05, 0.1) is 11.1 Å². The molecule has 2 aromatic rings. The standard InChI is InChI=1S/C22H18F5NO3/c1-4-19(30)20(12(2)3)21(22(25,26)27)28-13-9-17(23)16(18(24)10-13)11-31-15-7-5-14(29)6-8-15/h4-10,28-29H,1-2,11H2,3H3/b21-20+. The summed E-state index contributed by atoms with van der Waals surface area (Å²) in [6.07, 6.45) is -4.36. The maximum absolute atomic E-state index is 14.4. The second-order valence-corrected chi connectivity index (χ2v) is 6.42. The smallest absolute Gasteiger partial charge is 0.431 e. The van der Waals surface area contributed by atoms with Gasteiger partial charge in [-0.1, -0.05) is 13.2 Å². The lowest BCUT2D eigenvalue weighted by Gasteiger charge is -2.19. The van der Waals surface area contributed by atoms with Crippen LogP contribution in [0, 0.1) is 11.6 Å². The number of phenolic OH excluding ortho intramolecular Hbond substituents is 1. The third-order valence-corrected chi connectivity index (χ3v) is 4.02. The van der Waals surface area contributed by atoms with Gasteiger partial charge in [-0.05, 0) is 55.0 Å². The van der Waals surface area contributed by atoms with E-state index in [9.17, 15) is 31.9 Å². The summed E-state index contributed by atoms with van der Waals surface area (Å²) in [5.41, 5.74) is -3.60. The van der Waals surface area contributed by atoms with E-state index in [0.29, 0.717) is 18.2 Å². The van der Waals surface area contributed by atoms with Gasteiger partial charge in [-0.2, -0.15) is 13.2 Å². The Kier molecular flexibility index (Phi) is 7.22. The fourth-order valence-corrected chi connectivity index (χ4v) is 2.58. The van der Waals surface area contributed by atoms with Crippen LogP contribution in [-0.2, 0) is 11.4 Å². The summed E-state index contributed by atoms with van der Waals surface area (Å²) in [5.74, 6) is -3.18. The molecular formula is C22H18F5NO3. The Bertz CT molecular complexity index is 1020. The first-order valence-electron chi connectivity index (χ1n) is 8.75. The normalized spacial score (nSPS) is 12.1. The van der Waals surface area contributed by atoms with Gasteiger partial charge in [0.15, 0.2) is 5.78 Å². The van der Waals surface area contributed by atoms with Gasteiger partial charge in [-0.25, -0.2) is 8.78 Å². The highest BCUT2D eigenvalue weighted by Crippen LogP contribution is 2.33. The van der Waals surface area contributed by atoms with Gasteiger partial charge >= 0.3 is 6.18 Å². The van der Waals surface area contributed by atoms with Crippen molar-refractivity contribution in [2.75, 3.05) is 5.32 Å². The van der Waals surface area contributed by atoms with E-state index < -0.39 is 52.7 Å². The monoisotopic (exact) mass is 439 g/mol. The summed E-state index contributed by atoms with van der Waals surface area (Å²) < 4.78 is 74.7. The number of alkyl halides is 3. The lowest BCUT2D eigenvalue weighted by molar-refractivity contribution is -0.113. The number of aromatic hydroxyl groups is 1. The fraction of sp³-hybridized carbons (Fsp3) is 0.136. The minimum absolute atomic E-state index is 0.0299. The number of carbonyl (C=O) groups is 1. The molecule has 0 atom stereocenters. The molecule has 0 heterocycles. The van der Waals surface area contributed by atoms with E-state index in [1.807, 2.05) is 5.32 Å². The van der Waals surface area contributed by atoms with Crippen LogP contribution in [0.2, 0.25) is 0 Å². The van der Waals surface area contributed by atoms with Crippen molar-refractivity contribution in [1.29, 1.82) is 0 Å². The fourth-order valence-electron chi connectivity index (χ4n) is 2.58. The molecule has 0 unspecified atom stereocenters. The largest absolute Gasteiger partial charge is 0.508 e. The van der Waals surface area contributed by atoms with Crippen LogP contribution in [0.1, 0.15) is 12.5 Å². The van der Waals surface area contributed by atoms with Crippen LogP contribution in [0.25, 0.3) is 0 Å². The predicted octanol–water partition coefficient (Wildman–Crippen LogP) is 5.81. The maximum Gasteiger partial charge on any atom is 0.431 e. The zero-order valence-electron chi connectivity index (χ0n) is 16.3. The number of hydrogen-bond acceptors (Lipinski definition) is 4. The third-order valence-electron chi connectivity index (χ3n) is 4.02. The summed E-state index contributed by atoms with van der Waals surface area (Å²) in [7, 11) is 0. The van der Waals surface area contributed by atoms with Crippen molar-refractivity contribution in [1.82, 2.24) is 0 Å². The van der Waals surface area contributed by atoms with Crippen LogP contribution in [0.4, 0.5) is 27.6 Å². The lowest BCUT2D eigenvalue weighted by Crippen LogP contribution is -2.24. The SMILES string of the molecule is C=CC(=O)/C(C(=C)C)=C(/Nc1cc(F)c(COc2ccc(O)cc2)c(F)c1)C(F)(F)F. The van der Waals surface area contributed by atoms with Crippen LogP contribution in [0.3, 0.4) is 0 Å². The molecule has 0 aliphatic heterocycles. The van der Waals surface area contributed by atoms with E-state index in [0.717, 1.165) is 0 Å². The first-order chi connectivity index (χ1) is 14.4. The average molecular weight is 439 g/mol. The Morgan fingerprint density at radius 1 is 1.16 bits per heavy atom. The quantitative estimate of drug-likeness (QED) is 0.310. The van der Waals surface area contributed by atoms with Crippen molar-refractivity contribution in [2.24, 2.45) is 0 Å². The average Bonchev–Trinajstić information content (AvgIpc) is 2.67. The van der Waals surface area contributed by atoms with Crippen LogP contribution in [0.5, 0.6) is 11.5 Å². The number of ketones is 1. The van der Waals surface area contributed by atoms with Crippen molar-refractivity contribution in [3.8, 4) is 11.5 Å². The molecule has 0 saturated heterocycles. The van der Waals surface area contributed by atoms with Crippen molar-refractivity contribution in [3.63, 3.8) is 0 Å². The van der Waals surface area contributed by atoms with Crippen LogP contribution in [0.15, 0.2) is 72.5 Å². The van der Waals surface area contributed by atoms with Gasteiger partial charge in [0.2, 0.25) is 0 Å². The highest BCUT2D eigenvalue weighted by atomic mass is 19.4. The second kappa shape index (κ2) is 9.46. The van der Waals surface area contributed by atoms with Crippen LogP contribution < -0.4 is 10.1 Å². The number of halogens is 5. The van der Waals surface area contributed by atoms with Crippen molar-refractivity contribution in [3.05, 3.63) is 89.7 Å². The molecule has 2 aromatic carbocycles. The zero-order chi connectivity index (χ0) is 23.3. The molecule has 0 fully saturated rings. The number of hydrogen-bond donors (Lipinski definition) is 2. The lowest BCUT2D eigenvalue weighted by atomic mass is 10.0. The molecule has 31 heavy (non-hydrogen) atoms. The van der Waals surface area contributed by atoms with E-state index in [-0.39, 0.29) is 17.1 Å². The molecule has 0 bridgehead atoms. The number of nitrogens with one attached hydrogen (secondary N) is 1. The van der Waals surface area contributed by atoms with Crippen molar-refractivity contribution < 1.29 is 36.6 Å². The molecule has 2 N–H and O–H groups in total. The zero-order valence-corrected chi connectivity index (χ0v) is 16.3. The third kappa shape index (κ3) is 5.94. The van der Waals surface area contributed by atoms with Crippen molar-refractivity contribution >= 4 is 11.5 Å². The Hall–Kier alpha value is -3.62. The first kappa shape index (κ1) is 23.7. The molecule has 4 nitrogen and oxygen atoms in total. The second-order valence-electron chi connectivity index (χ2n) is 6.42. The van der Waals surface area contributed by atoms with Gasteiger partial charge in [-0.15, -0.1) is 0 Å². The topological polar surface area (TPSA) is 58.6 Å². The predicted molar refractivity (Wildman–Crippen MR) is 106 cm³/mol. The highest BCUT2D eigenvalue weighted by molar-refractivity contribution is 6.07. The van der Waals surface area contributed by atoms with Gasteiger partial charge in [-0.3, -0.25) is 4.79 Å². The first-order valence-corrected chi connectivity index (χ1v) is 8.75. The number of phenols is 1. The van der Waals surface area contributed by atoms with Gasteiger partial charge < -0.3 is 15.2 Å². The summed E-state index contributed by atoms with van der Waals surface area (Å²) in [6, 6.07) is 6.67. The van der Waals surface area contributed by atoms with E-state index in [1.54, 1.807) is 0 Å². The summed E-state index contributed by atoms with van der Waals surface area (Å²) >= 11 is 0. The number of ether oxygens (including phenoxy) is 1. The number of anilines is 1. The molecular weight excluding hydrogens is 421 g/mol. The Morgan fingerprint density at radius 3 is 2.16 bits per heavy atom. The van der Waals surface area contributed by atoms with E-state index in [4.69, 9.17) is 4.74 Å². The number of carbonyl (C=O) groups excluding carboxylic acids is 1. The number of allylic oxidation sites excluding steroid dienone is 4. The van der Waals surface area contributed by atoms with Crippen LogP contribution >= 0.6 is 0 Å². The Morgan fingerprint density at radius 2 is 1.71 bits per heavy atom. The highest BCUT2D eigenvalue weighted by Gasteiger charge is 2.38. The minimum Gasteiger partial charge on any atom is -0.508 e. The van der Waals surface area contributed by atoms with E-state index >= 15 is 0 Å². The number of rotatable bonds is 8. The molecule has 0 saturated carbocycles. The molecule has 0 radical (unpaired) electrons. The Labute approximate surface area is 175 Å². The van der Waals surface area contributed by atoms with Crippen LogP contribution in [-0.4, -0.2) is 17.1 Å². The molecule has 0 aliphatic carbocycles. The Balaban J connectivity index is 2.37. The van der Waals surface area contributed by atoms with E-state index in [1.165, 1.54) is 31.2 Å². The maximum atomic E-state index is 14.4. The molecule has 0 aliphatic rings. The summed E-state index contributed by atoms with van der Waals surface area (Å²) in [6.45, 7) is 7.16. The molecule has 0 aromatic heterocycles. The summed E-state index contributed by atoms with van der Waals surface area (Å²) in [4.78, 5) is 11.9. The molecule has 164 valence electrons. The molecule has 0 spiro atoms. The minimum atomic E-state index is -5.04. The summed E-state index contributed by atoms with van der Waals surface area (Å²) in [5, 5.41) is 11.1. The molecule has 2 rings (SSSR count). The molecule has 9 heteroatoms. The van der Waals surface area contributed by atoms with Gasteiger partial charge in [0, 0.05) is 5.69 Å². The van der Waals surface area contributed by atoms with E-state index in [2.05, 4.69) is 13.2 Å². The van der Waals surface area contributed by atoms with Gasteiger partial charge in [0.1, 0.15) is 35.4 Å². The van der Waals surface area contributed by atoms with Gasteiger partial charge in [0.25, 0.3) is 0 Å². The number of benzene rings is 2. The van der Waals surface area contributed by atoms with Crippen molar-refractivity contribution in [2.45, 2.75) is 19.7 Å². The molecule has 0 amide bonds.